The summed E-state index contributed by atoms with van der Waals surface area (Å²) in [4.78, 5) is 10.3. The Morgan fingerprint density at radius 1 is 1.55 bits per heavy atom. The van der Waals surface area contributed by atoms with Gasteiger partial charge in [0.25, 0.3) is 5.91 Å². The molecule has 0 fully saturated rings. The molecule has 0 heterocycles. The van der Waals surface area contributed by atoms with Crippen LogP contribution in [0.3, 0.4) is 0 Å². The first-order valence-electron chi connectivity index (χ1n) is 2.44. The normalized spacial score (nSPS) is 14.3. The fraction of sp³-hybridized carbons (Fsp3) is 0.750. The molecule has 1 atom stereocenters. The number of carbonyl (C=O) groups is 1. The lowest BCUT2D eigenvalue weighted by atomic mass is 10.6. The third-order valence-corrected chi connectivity index (χ3v) is 2.12. The molecule has 0 aliphatic rings. The zero-order chi connectivity index (χ0) is 9.07. The number of halogens is 5. The summed E-state index contributed by atoms with van der Waals surface area (Å²) in [5.41, 5.74) is -1.23. The van der Waals surface area contributed by atoms with Crippen molar-refractivity contribution in [2.75, 3.05) is 6.67 Å². The van der Waals surface area contributed by atoms with E-state index in [1.54, 1.807) is 0 Å². The first-order chi connectivity index (χ1) is 4.88. The Morgan fingerprint density at radius 2 is 2.00 bits per heavy atom. The Kier molecular flexibility index (Phi) is 4.78. The minimum Gasteiger partial charge on any atom is -0.334 e. The van der Waals surface area contributed by atoms with Gasteiger partial charge in [0.1, 0.15) is 0 Å². The van der Waals surface area contributed by atoms with E-state index in [-0.39, 0.29) is 0 Å². The lowest BCUT2D eigenvalue weighted by Gasteiger charge is -2.18. The minimum absolute atomic E-state index is 0.920. The molecule has 1 N–H and O–H groups in total. The number of nitrogens with one attached hydrogen (secondary N) is 1. The monoisotopic (exact) mass is 241 g/mol. The van der Waals surface area contributed by atoms with Crippen LogP contribution >= 0.6 is 46.4 Å². The van der Waals surface area contributed by atoms with E-state index in [1.165, 1.54) is 0 Å². The summed E-state index contributed by atoms with van der Waals surface area (Å²) in [6, 6.07) is 0. The van der Waals surface area contributed by atoms with Crippen LogP contribution in [0.1, 0.15) is 0 Å². The minimum atomic E-state index is -1.83. The van der Waals surface area contributed by atoms with E-state index >= 15 is 0 Å². The first kappa shape index (κ1) is 11.6. The Labute approximate surface area is 82.9 Å². The zero-order valence-corrected chi connectivity index (χ0v) is 8.11. The number of rotatable bonds is 2. The predicted octanol–water partition coefficient (Wildman–Crippen LogP) is 2.01. The highest BCUT2D eigenvalue weighted by Crippen LogP contribution is 2.32. The van der Waals surface area contributed by atoms with Gasteiger partial charge >= 0.3 is 0 Å². The summed E-state index contributed by atoms with van der Waals surface area (Å²) in [7, 11) is 0. The lowest BCUT2D eigenvalue weighted by Crippen LogP contribution is -2.40. The highest BCUT2D eigenvalue weighted by Gasteiger charge is 2.31. The first-order valence-corrected chi connectivity index (χ1v) is 4.01. The number of carbonyl (C=O) groups excluding carboxylic acids is 1. The largest absolute Gasteiger partial charge is 0.334 e. The van der Waals surface area contributed by atoms with Gasteiger partial charge in [0, 0.05) is 0 Å². The second-order valence-electron chi connectivity index (χ2n) is 1.61. The van der Waals surface area contributed by atoms with Crippen LogP contribution < -0.4 is 5.32 Å². The molecule has 0 saturated heterocycles. The van der Waals surface area contributed by atoms with Crippen molar-refractivity contribution in [1.82, 2.24) is 5.32 Å². The third-order valence-electron chi connectivity index (χ3n) is 0.696. The van der Waals surface area contributed by atoms with Gasteiger partial charge in [-0.3, -0.25) is 4.79 Å². The average molecular weight is 243 g/mol. The van der Waals surface area contributed by atoms with Crippen molar-refractivity contribution >= 4 is 52.3 Å². The summed E-state index contributed by atoms with van der Waals surface area (Å²) in [5.74, 6) is -0.920. The SMILES string of the molecule is O=C(CF)N[C@@H](Cl)C(Cl)(Cl)Cl. The number of amides is 1. The van der Waals surface area contributed by atoms with Gasteiger partial charge in [0.05, 0.1) is 0 Å². The third kappa shape index (κ3) is 4.90. The van der Waals surface area contributed by atoms with E-state index in [1.807, 2.05) is 5.32 Å². The van der Waals surface area contributed by atoms with Gasteiger partial charge in [-0.2, -0.15) is 0 Å². The Bertz CT molecular complexity index is 148. The molecule has 0 aliphatic heterocycles. The van der Waals surface area contributed by atoms with Gasteiger partial charge in [0.2, 0.25) is 3.79 Å². The van der Waals surface area contributed by atoms with Crippen LogP contribution in [0.25, 0.3) is 0 Å². The van der Waals surface area contributed by atoms with Crippen LogP contribution in [0.2, 0.25) is 0 Å². The summed E-state index contributed by atoms with van der Waals surface area (Å²) in [6.07, 6.45) is 0. The number of hydrogen-bond donors (Lipinski definition) is 1. The fourth-order valence-corrected chi connectivity index (χ4v) is 0.547. The smallest absolute Gasteiger partial charge is 0.252 e. The van der Waals surface area contributed by atoms with Crippen molar-refractivity contribution in [2.45, 2.75) is 9.29 Å². The molecule has 0 rings (SSSR count). The maximum Gasteiger partial charge on any atom is 0.252 e. The van der Waals surface area contributed by atoms with E-state index in [2.05, 4.69) is 0 Å². The summed E-state index contributed by atoms with van der Waals surface area (Å²) < 4.78 is 9.71. The molecule has 0 saturated carbocycles. The van der Waals surface area contributed by atoms with E-state index in [0.29, 0.717) is 0 Å². The van der Waals surface area contributed by atoms with Crippen LogP contribution in [0.15, 0.2) is 0 Å². The molecule has 0 spiro atoms. The van der Waals surface area contributed by atoms with Crippen molar-refractivity contribution in [3.63, 3.8) is 0 Å². The fourth-order valence-electron chi connectivity index (χ4n) is 0.262. The molecule has 0 radical (unpaired) electrons. The second kappa shape index (κ2) is 4.55. The molecule has 11 heavy (non-hydrogen) atoms. The quantitative estimate of drug-likeness (QED) is 0.583. The molecule has 66 valence electrons. The molecular formula is C4H4Cl4FNO. The van der Waals surface area contributed by atoms with Crippen LogP contribution in [-0.2, 0) is 4.79 Å². The van der Waals surface area contributed by atoms with E-state index < -0.39 is 21.9 Å². The molecule has 2 nitrogen and oxygen atoms in total. The van der Waals surface area contributed by atoms with Crippen LogP contribution in [-0.4, -0.2) is 21.9 Å². The standard InChI is InChI=1S/C4H4Cl4FNO/c5-3(4(6,7)8)10-2(11)1-9/h3H,1H2,(H,10,11)/t3-/m1/s1. The highest BCUT2D eigenvalue weighted by molar-refractivity contribution is 6.70. The topological polar surface area (TPSA) is 29.1 Å². The van der Waals surface area contributed by atoms with Crippen molar-refractivity contribution in [1.29, 1.82) is 0 Å². The molecular weight excluding hydrogens is 239 g/mol. The molecule has 0 unspecified atom stereocenters. The molecule has 0 aromatic carbocycles. The Balaban J connectivity index is 3.87. The zero-order valence-electron chi connectivity index (χ0n) is 5.08. The van der Waals surface area contributed by atoms with Crippen molar-refractivity contribution in [3.05, 3.63) is 0 Å². The Hall–Kier alpha value is 0.560. The van der Waals surface area contributed by atoms with E-state index in [9.17, 15) is 9.18 Å². The van der Waals surface area contributed by atoms with Gasteiger partial charge < -0.3 is 5.32 Å². The molecule has 0 bridgehead atoms. The van der Waals surface area contributed by atoms with Gasteiger partial charge in [-0.25, -0.2) is 4.39 Å². The lowest BCUT2D eigenvalue weighted by molar-refractivity contribution is -0.122. The van der Waals surface area contributed by atoms with Gasteiger partial charge in [-0.15, -0.1) is 0 Å². The van der Waals surface area contributed by atoms with Gasteiger partial charge in [-0.1, -0.05) is 46.4 Å². The van der Waals surface area contributed by atoms with Crippen LogP contribution in [0.5, 0.6) is 0 Å². The van der Waals surface area contributed by atoms with Crippen molar-refractivity contribution in [2.24, 2.45) is 0 Å². The van der Waals surface area contributed by atoms with Crippen LogP contribution in [0, 0.1) is 0 Å². The number of hydrogen-bond acceptors (Lipinski definition) is 1. The molecule has 0 aromatic heterocycles. The Morgan fingerprint density at radius 3 is 2.27 bits per heavy atom. The van der Waals surface area contributed by atoms with Crippen molar-refractivity contribution in [3.8, 4) is 0 Å². The van der Waals surface area contributed by atoms with Gasteiger partial charge in [0.15, 0.2) is 12.2 Å². The second-order valence-corrected chi connectivity index (χ2v) is 4.41. The summed E-state index contributed by atoms with van der Waals surface area (Å²) >= 11 is 21.1. The van der Waals surface area contributed by atoms with Crippen LogP contribution in [0.4, 0.5) is 4.39 Å². The maximum atomic E-state index is 11.5. The van der Waals surface area contributed by atoms with E-state index in [0.717, 1.165) is 0 Å². The molecule has 1 amide bonds. The maximum absolute atomic E-state index is 11.5. The summed E-state index contributed by atoms with van der Waals surface area (Å²) in [6.45, 7) is -1.19. The predicted molar refractivity (Wildman–Crippen MR) is 44.0 cm³/mol. The summed E-state index contributed by atoms with van der Waals surface area (Å²) in [5, 5.41) is 1.93. The molecule has 0 aromatic rings. The number of alkyl halides is 5. The highest BCUT2D eigenvalue weighted by atomic mass is 35.6. The van der Waals surface area contributed by atoms with Gasteiger partial charge in [-0.05, 0) is 0 Å². The average Bonchev–Trinajstić information content (AvgIpc) is 1.85. The van der Waals surface area contributed by atoms with E-state index in [4.69, 9.17) is 46.4 Å². The molecule has 7 heteroatoms. The van der Waals surface area contributed by atoms with Crippen molar-refractivity contribution < 1.29 is 9.18 Å². The molecule has 0 aliphatic carbocycles.